The van der Waals surface area contributed by atoms with Crippen molar-refractivity contribution in [2.75, 3.05) is 17.4 Å². The second-order valence-corrected chi connectivity index (χ2v) is 6.60. The number of nitrogens with zero attached hydrogens (tertiary/aromatic N) is 3. The van der Waals surface area contributed by atoms with Crippen molar-refractivity contribution in [2.45, 2.75) is 25.3 Å². The highest BCUT2D eigenvalue weighted by Crippen LogP contribution is 2.23. The fourth-order valence-corrected chi connectivity index (χ4v) is 3.49. The molecule has 2 aromatic rings. The normalized spacial score (nSPS) is 11.6. The molecule has 0 fully saturated rings. The Balaban J connectivity index is 2.36. The number of aromatic nitrogens is 2. The van der Waals surface area contributed by atoms with Crippen LogP contribution in [0.5, 0.6) is 0 Å². The van der Waals surface area contributed by atoms with Gasteiger partial charge >= 0.3 is 0 Å². The summed E-state index contributed by atoms with van der Waals surface area (Å²) >= 11 is 0. The summed E-state index contributed by atoms with van der Waals surface area (Å²) in [6.45, 7) is 5.03. The molecule has 0 saturated carbocycles. The summed E-state index contributed by atoms with van der Waals surface area (Å²) in [6, 6.07) is 7.40. The molecule has 114 valence electrons. The third-order valence-electron chi connectivity index (χ3n) is 3.16. The van der Waals surface area contributed by atoms with Gasteiger partial charge in [0.25, 0.3) is 10.0 Å². The van der Waals surface area contributed by atoms with Gasteiger partial charge in [0.1, 0.15) is 4.90 Å². The molecule has 0 spiro atoms. The SMILES string of the molecule is CCN(c1ccc(C)cc1)S(=O)(=O)c1cnn(CCN)c1. The Morgan fingerprint density at radius 1 is 1.29 bits per heavy atom. The summed E-state index contributed by atoms with van der Waals surface area (Å²) in [6.07, 6.45) is 2.88. The zero-order chi connectivity index (χ0) is 15.5. The molecule has 0 saturated heterocycles. The van der Waals surface area contributed by atoms with Crippen LogP contribution >= 0.6 is 0 Å². The highest BCUT2D eigenvalue weighted by Gasteiger charge is 2.25. The van der Waals surface area contributed by atoms with Crippen molar-refractivity contribution in [3.05, 3.63) is 42.2 Å². The van der Waals surface area contributed by atoms with Crippen LogP contribution in [0.25, 0.3) is 0 Å². The van der Waals surface area contributed by atoms with E-state index in [2.05, 4.69) is 5.10 Å². The zero-order valence-electron chi connectivity index (χ0n) is 12.2. The molecule has 0 atom stereocenters. The number of anilines is 1. The van der Waals surface area contributed by atoms with Crippen molar-refractivity contribution in [3.63, 3.8) is 0 Å². The Bertz CT molecular complexity index is 692. The van der Waals surface area contributed by atoms with E-state index in [0.29, 0.717) is 25.3 Å². The molecule has 7 heteroatoms. The number of sulfonamides is 1. The van der Waals surface area contributed by atoms with Gasteiger partial charge in [-0.05, 0) is 26.0 Å². The highest BCUT2D eigenvalue weighted by molar-refractivity contribution is 7.92. The summed E-state index contributed by atoms with van der Waals surface area (Å²) < 4.78 is 28.3. The largest absolute Gasteiger partial charge is 0.329 e. The van der Waals surface area contributed by atoms with Gasteiger partial charge in [0.2, 0.25) is 0 Å². The van der Waals surface area contributed by atoms with E-state index in [-0.39, 0.29) is 4.90 Å². The third-order valence-corrected chi connectivity index (χ3v) is 5.02. The monoisotopic (exact) mass is 308 g/mol. The lowest BCUT2D eigenvalue weighted by Crippen LogP contribution is -2.30. The van der Waals surface area contributed by atoms with E-state index in [1.807, 2.05) is 26.0 Å². The zero-order valence-corrected chi connectivity index (χ0v) is 13.0. The van der Waals surface area contributed by atoms with Crippen molar-refractivity contribution >= 4 is 15.7 Å². The molecule has 21 heavy (non-hydrogen) atoms. The van der Waals surface area contributed by atoms with Crippen LogP contribution in [0.4, 0.5) is 5.69 Å². The predicted octanol–water partition coefficient (Wildman–Crippen LogP) is 1.37. The first-order valence-electron chi connectivity index (χ1n) is 6.81. The van der Waals surface area contributed by atoms with E-state index in [1.165, 1.54) is 21.4 Å². The minimum Gasteiger partial charge on any atom is -0.329 e. The van der Waals surface area contributed by atoms with E-state index in [0.717, 1.165) is 5.56 Å². The number of hydrogen-bond acceptors (Lipinski definition) is 4. The third kappa shape index (κ3) is 3.25. The van der Waals surface area contributed by atoms with Crippen LogP contribution in [-0.2, 0) is 16.6 Å². The molecule has 0 aliphatic heterocycles. The number of benzene rings is 1. The number of rotatable bonds is 6. The van der Waals surface area contributed by atoms with Crippen molar-refractivity contribution in [3.8, 4) is 0 Å². The Morgan fingerprint density at radius 3 is 2.52 bits per heavy atom. The van der Waals surface area contributed by atoms with Crippen LogP contribution in [0, 0.1) is 6.92 Å². The maximum absolute atomic E-state index is 12.7. The summed E-state index contributed by atoms with van der Waals surface area (Å²) in [5, 5.41) is 4.03. The van der Waals surface area contributed by atoms with Gasteiger partial charge in [-0.2, -0.15) is 5.10 Å². The molecule has 2 N–H and O–H groups in total. The van der Waals surface area contributed by atoms with Gasteiger partial charge in [-0.3, -0.25) is 8.99 Å². The molecule has 0 radical (unpaired) electrons. The summed E-state index contributed by atoms with van der Waals surface area (Å²) in [5.41, 5.74) is 7.18. The fourth-order valence-electron chi connectivity index (χ4n) is 2.06. The standard InChI is InChI=1S/C14H20N4O2S/c1-3-18(13-6-4-12(2)5-7-13)21(19,20)14-10-16-17(11-14)9-8-15/h4-7,10-11H,3,8-9,15H2,1-2H3. The maximum Gasteiger partial charge on any atom is 0.267 e. The Morgan fingerprint density at radius 2 is 1.95 bits per heavy atom. The second-order valence-electron chi connectivity index (χ2n) is 4.73. The van der Waals surface area contributed by atoms with Gasteiger partial charge < -0.3 is 5.73 Å². The van der Waals surface area contributed by atoms with Gasteiger partial charge in [0.15, 0.2) is 0 Å². The molecule has 0 unspecified atom stereocenters. The van der Waals surface area contributed by atoms with E-state index in [9.17, 15) is 8.42 Å². The van der Waals surface area contributed by atoms with Crippen molar-refractivity contribution in [1.82, 2.24) is 9.78 Å². The lowest BCUT2D eigenvalue weighted by atomic mass is 10.2. The maximum atomic E-state index is 12.7. The lowest BCUT2D eigenvalue weighted by Gasteiger charge is -2.22. The van der Waals surface area contributed by atoms with E-state index < -0.39 is 10.0 Å². The Hall–Kier alpha value is -1.86. The van der Waals surface area contributed by atoms with E-state index in [1.54, 1.807) is 12.1 Å². The van der Waals surface area contributed by atoms with Crippen LogP contribution in [0.3, 0.4) is 0 Å². The second kappa shape index (κ2) is 6.28. The quantitative estimate of drug-likeness (QED) is 0.874. The molecular weight excluding hydrogens is 288 g/mol. The minimum absolute atomic E-state index is 0.179. The van der Waals surface area contributed by atoms with Crippen molar-refractivity contribution in [2.24, 2.45) is 5.73 Å². The molecule has 0 aliphatic rings. The first-order chi connectivity index (χ1) is 9.98. The Labute approximate surface area is 125 Å². The fraction of sp³-hybridized carbons (Fsp3) is 0.357. The Kier molecular flexibility index (Phi) is 4.64. The molecule has 1 aromatic heterocycles. The topological polar surface area (TPSA) is 81.2 Å². The molecule has 1 aromatic carbocycles. The lowest BCUT2D eigenvalue weighted by molar-refractivity contribution is 0.590. The first-order valence-corrected chi connectivity index (χ1v) is 8.25. The first kappa shape index (κ1) is 15.5. The van der Waals surface area contributed by atoms with Crippen LogP contribution in [0.1, 0.15) is 12.5 Å². The molecule has 2 rings (SSSR count). The van der Waals surface area contributed by atoms with Gasteiger partial charge in [-0.15, -0.1) is 0 Å². The predicted molar refractivity (Wildman–Crippen MR) is 82.7 cm³/mol. The minimum atomic E-state index is -3.61. The van der Waals surface area contributed by atoms with Crippen molar-refractivity contribution in [1.29, 1.82) is 0 Å². The van der Waals surface area contributed by atoms with E-state index >= 15 is 0 Å². The number of aryl methyl sites for hydroxylation is 1. The van der Waals surface area contributed by atoms with Gasteiger partial charge in [0, 0.05) is 19.3 Å². The smallest absolute Gasteiger partial charge is 0.267 e. The molecule has 0 amide bonds. The highest BCUT2D eigenvalue weighted by atomic mass is 32.2. The molecule has 6 nitrogen and oxygen atoms in total. The molecule has 1 heterocycles. The molecule has 0 aliphatic carbocycles. The van der Waals surface area contributed by atoms with Gasteiger partial charge in [-0.25, -0.2) is 8.42 Å². The summed E-state index contributed by atoms with van der Waals surface area (Å²) in [5.74, 6) is 0. The van der Waals surface area contributed by atoms with E-state index in [4.69, 9.17) is 5.73 Å². The summed E-state index contributed by atoms with van der Waals surface area (Å²) in [4.78, 5) is 0.179. The number of hydrogen-bond donors (Lipinski definition) is 1. The number of nitrogens with two attached hydrogens (primary N) is 1. The average Bonchev–Trinajstić information content (AvgIpc) is 2.91. The molecular formula is C14H20N4O2S. The van der Waals surface area contributed by atoms with Crippen LogP contribution in [0.2, 0.25) is 0 Å². The van der Waals surface area contributed by atoms with Crippen LogP contribution in [-0.4, -0.2) is 31.3 Å². The van der Waals surface area contributed by atoms with Gasteiger partial charge in [-0.1, -0.05) is 17.7 Å². The average molecular weight is 308 g/mol. The summed E-state index contributed by atoms with van der Waals surface area (Å²) in [7, 11) is -3.61. The molecule has 0 bridgehead atoms. The van der Waals surface area contributed by atoms with Crippen LogP contribution < -0.4 is 10.0 Å². The van der Waals surface area contributed by atoms with Gasteiger partial charge in [0.05, 0.1) is 18.4 Å². The van der Waals surface area contributed by atoms with Crippen LogP contribution in [0.15, 0.2) is 41.6 Å². The van der Waals surface area contributed by atoms with Crippen molar-refractivity contribution < 1.29 is 8.42 Å².